The number of fused-ring (bicyclic) bond motifs is 2. The Hall–Kier alpha value is -4.42. The first-order valence-corrected chi connectivity index (χ1v) is 8.55. The summed E-state index contributed by atoms with van der Waals surface area (Å²) >= 11 is 0. The van der Waals surface area contributed by atoms with Crippen molar-refractivity contribution in [3.8, 4) is 12.1 Å². The van der Waals surface area contributed by atoms with E-state index in [1.165, 1.54) is 12.4 Å². The molecule has 0 aliphatic rings. The van der Waals surface area contributed by atoms with Crippen LogP contribution in [0.1, 0.15) is 11.4 Å². The van der Waals surface area contributed by atoms with E-state index in [0.717, 1.165) is 33.2 Å². The molecular formula is C22H14N6. The van der Waals surface area contributed by atoms with Crippen LogP contribution in [0.3, 0.4) is 0 Å². The standard InChI is InChI=1S/C22H14N6/c23-11-21(25-13-17-9-15-5-1-3-7-19(15)27-17)22(12-24)26-14-18-10-16-6-2-4-8-20(16)28-18/h1-10,13-14,27-28H. The van der Waals surface area contributed by atoms with Crippen LogP contribution in [0, 0.1) is 22.7 Å². The fourth-order valence-corrected chi connectivity index (χ4v) is 2.88. The molecule has 6 heteroatoms. The van der Waals surface area contributed by atoms with Gasteiger partial charge in [0.15, 0.2) is 11.4 Å². The number of rotatable bonds is 4. The Bertz CT molecular complexity index is 1160. The van der Waals surface area contributed by atoms with Crippen LogP contribution in [0.15, 0.2) is 82.0 Å². The predicted octanol–water partition coefficient (Wildman–Crippen LogP) is 4.45. The van der Waals surface area contributed by atoms with E-state index >= 15 is 0 Å². The van der Waals surface area contributed by atoms with Gasteiger partial charge in [-0.25, -0.2) is 9.98 Å². The maximum atomic E-state index is 9.39. The summed E-state index contributed by atoms with van der Waals surface area (Å²) in [5.74, 6) is 0. The van der Waals surface area contributed by atoms with E-state index < -0.39 is 0 Å². The van der Waals surface area contributed by atoms with Crippen LogP contribution < -0.4 is 0 Å². The summed E-state index contributed by atoms with van der Waals surface area (Å²) in [6, 6.07) is 23.4. The van der Waals surface area contributed by atoms with E-state index in [1.54, 1.807) is 0 Å². The summed E-state index contributed by atoms with van der Waals surface area (Å²) in [7, 11) is 0. The van der Waals surface area contributed by atoms with Crippen molar-refractivity contribution in [1.29, 1.82) is 10.5 Å². The van der Waals surface area contributed by atoms with E-state index in [-0.39, 0.29) is 11.4 Å². The maximum absolute atomic E-state index is 9.39. The number of nitrogens with one attached hydrogen (secondary N) is 2. The summed E-state index contributed by atoms with van der Waals surface area (Å²) in [6.07, 6.45) is 3.04. The van der Waals surface area contributed by atoms with Crippen LogP contribution in [0.25, 0.3) is 21.8 Å². The second kappa shape index (κ2) is 7.45. The van der Waals surface area contributed by atoms with Crippen LogP contribution in [0.2, 0.25) is 0 Å². The minimum absolute atomic E-state index is 0.0477. The van der Waals surface area contributed by atoms with E-state index in [0.29, 0.717) is 0 Å². The third-order valence-electron chi connectivity index (χ3n) is 4.20. The van der Waals surface area contributed by atoms with Crippen molar-refractivity contribution in [1.82, 2.24) is 9.97 Å². The molecule has 28 heavy (non-hydrogen) atoms. The van der Waals surface area contributed by atoms with Gasteiger partial charge in [0, 0.05) is 21.8 Å². The van der Waals surface area contributed by atoms with Crippen molar-refractivity contribution in [2.45, 2.75) is 0 Å². The van der Waals surface area contributed by atoms with E-state index in [2.05, 4.69) is 20.0 Å². The molecule has 0 atom stereocenters. The first kappa shape index (κ1) is 17.0. The second-order valence-corrected chi connectivity index (χ2v) is 6.06. The van der Waals surface area contributed by atoms with Crippen molar-refractivity contribution >= 4 is 34.2 Å². The maximum Gasteiger partial charge on any atom is 0.177 e. The Morgan fingerprint density at radius 2 is 1.14 bits per heavy atom. The molecule has 2 aromatic carbocycles. The van der Waals surface area contributed by atoms with E-state index in [9.17, 15) is 10.5 Å². The molecule has 6 nitrogen and oxygen atoms in total. The molecule has 0 bridgehead atoms. The number of hydrogen-bond donors (Lipinski definition) is 2. The van der Waals surface area contributed by atoms with Gasteiger partial charge in [-0.2, -0.15) is 10.5 Å². The van der Waals surface area contributed by atoms with Gasteiger partial charge in [0.05, 0.1) is 23.8 Å². The summed E-state index contributed by atoms with van der Waals surface area (Å²) in [5.41, 5.74) is 3.34. The van der Waals surface area contributed by atoms with Gasteiger partial charge in [-0.1, -0.05) is 36.4 Å². The quantitative estimate of drug-likeness (QED) is 0.414. The lowest BCUT2D eigenvalue weighted by Crippen LogP contribution is -1.88. The first-order chi connectivity index (χ1) is 13.8. The molecule has 0 aliphatic heterocycles. The molecule has 4 rings (SSSR count). The number of nitriles is 2. The Kier molecular flexibility index (Phi) is 4.53. The molecule has 2 aromatic heterocycles. The fraction of sp³-hybridized carbons (Fsp3) is 0. The molecule has 2 N–H and O–H groups in total. The van der Waals surface area contributed by atoms with Gasteiger partial charge in [0.1, 0.15) is 12.1 Å². The van der Waals surface area contributed by atoms with Crippen LogP contribution in [0.5, 0.6) is 0 Å². The van der Waals surface area contributed by atoms with Crippen molar-refractivity contribution in [2.75, 3.05) is 0 Å². The monoisotopic (exact) mass is 362 g/mol. The zero-order valence-electron chi connectivity index (χ0n) is 14.7. The average molecular weight is 362 g/mol. The molecule has 0 amide bonds. The molecule has 0 radical (unpaired) electrons. The highest BCUT2D eigenvalue weighted by molar-refractivity contribution is 5.91. The topological polar surface area (TPSA) is 104 Å². The van der Waals surface area contributed by atoms with Gasteiger partial charge < -0.3 is 9.97 Å². The van der Waals surface area contributed by atoms with E-state index in [4.69, 9.17) is 0 Å². The summed E-state index contributed by atoms with van der Waals surface area (Å²) in [4.78, 5) is 14.7. The predicted molar refractivity (Wildman–Crippen MR) is 110 cm³/mol. The largest absolute Gasteiger partial charge is 0.354 e. The average Bonchev–Trinajstić information content (AvgIpc) is 3.33. The van der Waals surface area contributed by atoms with E-state index in [1.807, 2.05) is 72.8 Å². The molecule has 2 heterocycles. The minimum Gasteiger partial charge on any atom is -0.354 e. The van der Waals surface area contributed by atoms with Crippen LogP contribution >= 0.6 is 0 Å². The zero-order valence-corrected chi connectivity index (χ0v) is 14.7. The highest BCUT2D eigenvalue weighted by Crippen LogP contribution is 2.15. The summed E-state index contributed by atoms with van der Waals surface area (Å²) < 4.78 is 0. The molecule has 0 aliphatic carbocycles. The highest BCUT2D eigenvalue weighted by atomic mass is 14.9. The lowest BCUT2D eigenvalue weighted by molar-refractivity contribution is 1.26. The smallest absolute Gasteiger partial charge is 0.177 e. The zero-order chi connectivity index (χ0) is 19.3. The van der Waals surface area contributed by atoms with Gasteiger partial charge in [-0.15, -0.1) is 0 Å². The molecule has 0 spiro atoms. The Labute approximate surface area is 160 Å². The number of aromatic amines is 2. The first-order valence-electron chi connectivity index (χ1n) is 8.55. The lowest BCUT2D eigenvalue weighted by Gasteiger charge is -1.92. The SMILES string of the molecule is N#CC(N=Cc1cc2ccccc2[nH]1)=C(C#N)N=Cc1cc2ccccc2[nH]1. The normalized spacial score (nSPS) is 12.5. The molecule has 4 aromatic rings. The molecule has 0 unspecified atom stereocenters. The van der Waals surface area contributed by atoms with Gasteiger partial charge in [0.2, 0.25) is 0 Å². The Balaban J connectivity index is 1.62. The summed E-state index contributed by atoms with van der Waals surface area (Å²) in [6.45, 7) is 0. The third-order valence-corrected chi connectivity index (χ3v) is 4.20. The number of hydrogen-bond acceptors (Lipinski definition) is 4. The summed E-state index contributed by atoms with van der Waals surface area (Å²) in [5, 5.41) is 20.9. The molecular weight excluding hydrogens is 348 g/mol. The number of H-pyrrole nitrogens is 2. The molecule has 0 saturated heterocycles. The Morgan fingerprint density at radius 1 is 0.714 bits per heavy atom. The van der Waals surface area contributed by atoms with Gasteiger partial charge >= 0.3 is 0 Å². The van der Waals surface area contributed by atoms with Crippen molar-refractivity contribution in [2.24, 2.45) is 9.98 Å². The Morgan fingerprint density at radius 3 is 1.54 bits per heavy atom. The fourth-order valence-electron chi connectivity index (χ4n) is 2.88. The van der Waals surface area contributed by atoms with Crippen molar-refractivity contribution in [3.05, 3.63) is 83.4 Å². The molecule has 132 valence electrons. The second-order valence-electron chi connectivity index (χ2n) is 6.06. The molecule has 0 fully saturated rings. The van der Waals surface area contributed by atoms with Crippen LogP contribution in [-0.4, -0.2) is 22.4 Å². The van der Waals surface area contributed by atoms with Crippen molar-refractivity contribution in [3.63, 3.8) is 0 Å². The van der Waals surface area contributed by atoms with Crippen molar-refractivity contribution < 1.29 is 0 Å². The number of para-hydroxylation sites is 2. The number of aliphatic imine (C=N–C) groups is 2. The van der Waals surface area contributed by atoms with Gasteiger partial charge in [-0.05, 0) is 24.3 Å². The van der Waals surface area contributed by atoms with Crippen LogP contribution in [-0.2, 0) is 0 Å². The highest BCUT2D eigenvalue weighted by Gasteiger charge is 2.04. The lowest BCUT2D eigenvalue weighted by atomic mass is 10.2. The van der Waals surface area contributed by atoms with Crippen LogP contribution in [0.4, 0.5) is 0 Å². The van der Waals surface area contributed by atoms with Gasteiger partial charge in [-0.3, -0.25) is 0 Å². The number of benzene rings is 2. The molecule has 0 saturated carbocycles. The third kappa shape index (κ3) is 3.44. The minimum atomic E-state index is -0.0477. The number of allylic oxidation sites excluding steroid dienone is 2. The van der Waals surface area contributed by atoms with Gasteiger partial charge in [0.25, 0.3) is 0 Å². The number of aromatic nitrogens is 2. The number of nitrogens with zero attached hydrogens (tertiary/aromatic N) is 4.